The van der Waals surface area contributed by atoms with Crippen LogP contribution in [0.4, 0.5) is 0 Å². The van der Waals surface area contributed by atoms with Crippen LogP contribution in [0.1, 0.15) is 22.8 Å². The maximum atomic E-state index is 11.2. The van der Waals surface area contributed by atoms with Gasteiger partial charge in [0.25, 0.3) is 0 Å². The molecule has 0 radical (unpaired) electrons. The first-order valence-corrected chi connectivity index (χ1v) is 4.73. The van der Waals surface area contributed by atoms with E-state index in [4.69, 9.17) is 9.84 Å². The second-order valence-electron chi connectivity index (χ2n) is 3.23. The number of carbonyl (C=O) groups excluding carboxylic acids is 1. The molecule has 4 nitrogen and oxygen atoms in total. The number of benzene rings is 1. The molecule has 16 heavy (non-hydrogen) atoms. The van der Waals surface area contributed by atoms with Crippen LogP contribution >= 0.6 is 0 Å². The lowest BCUT2D eigenvalue weighted by Gasteiger charge is -2.06. The number of carbonyl (C=O) groups is 2. The Morgan fingerprint density at radius 2 is 2.06 bits per heavy atom. The first kappa shape index (κ1) is 12.0. The predicted molar refractivity (Wildman–Crippen MR) is 58.6 cm³/mol. The van der Waals surface area contributed by atoms with Crippen molar-refractivity contribution in [1.29, 1.82) is 0 Å². The zero-order chi connectivity index (χ0) is 12.1. The molecule has 0 saturated carbocycles. The SMILES string of the molecule is CC=CC(=O)Oc1ccc(C)cc1C(=O)O. The lowest BCUT2D eigenvalue weighted by molar-refractivity contribution is -0.129. The van der Waals surface area contributed by atoms with Crippen LogP contribution in [-0.4, -0.2) is 17.0 Å². The van der Waals surface area contributed by atoms with E-state index in [0.717, 1.165) is 5.56 Å². The summed E-state index contributed by atoms with van der Waals surface area (Å²) in [5.41, 5.74) is 0.779. The van der Waals surface area contributed by atoms with Gasteiger partial charge in [-0.15, -0.1) is 0 Å². The molecule has 0 amide bonds. The van der Waals surface area contributed by atoms with Crippen molar-refractivity contribution in [2.75, 3.05) is 0 Å². The highest BCUT2D eigenvalue weighted by Crippen LogP contribution is 2.20. The van der Waals surface area contributed by atoms with Crippen LogP contribution in [0.25, 0.3) is 0 Å². The molecule has 0 spiro atoms. The summed E-state index contributed by atoms with van der Waals surface area (Å²) < 4.78 is 4.90. The minimum absolute atomic E-state index is 0.0159. The summed E-state index contributed by atoms with van der Waals surface area (Å²) in [4.78, 5) is 22.1. The molecular formula is C12H12O4. The van der Waals surface area contributed by atoms with Crippen molar-refractivity contribution in [3.63, 3.8) is 0 Å². The number of esters is 1. The molecule has 0 atom stereocenters. The highest BCUT2D eigenvalue weighted by molar-refractivity contribution is 5.93. The molecule has 4 heteroatoms. The summed E-state index contributed by atoms with van der Waals surface area (Å²) in [6.07, 6.45) is 2.75. The molecule has 0 aliphatic heterocycles. The topological polar surface area (TPSA) is 63.6 Å². The van der Waals surface area contributed by atoms with E-state index in [0.29, 0.717) is 0 Å². The van der Waals surface area contributed by atoms with Crippen molar-refractivity contribution < 1.29 is 19.4 Å². The van der Waals surface area contributed by atoms with Gasteiger partial charge in [0.1, 0.15) is 11.3 Å². The van der Waals surface area contributed by atoms with E-state index in [1.165, 1.54) is 24.3 Å². The monoisotopic (exact) mass is 220 g/mol. The number of hydrogen-bond acceptors (Lipinski definition) is 3. The van der Waals surface area contributed by atoms with Crippen LogP contribution in [0, 0.1) is 6.92 Å². The molecular weight excluding hydrogens is 208 g/mol. The number of aromatic carboxylic acids is 1. The Kier molecular flexibility index (Phi) is 3.83. The lowest BCUT2D eigenvalue weighted by Crippen LogP contribution is -2.08. The smallest absolute Gasteiger partial charge is 0.339 e. The Labute approximate surface area is 93.2 Å². The Hall–Kier alpha value is -2.10. The van der Waals surface area contributed by atoms with E-state index in [2.05, 4.69) is 0 Å². The van der Waals surface area contributed by atoms with Gasteiger partial charge in [0.05, 0.1) is 0 Å². The summed E-state index contributed by atoms with van der Waals surface area (Å²) >= 11 is 0. The fraction of sp³-hybridized carbons (Fsp3) is 0.167. The highest BCUT2D eigenvalue weighted by atomic mass is 16.5. The van der Waals surface area contributed by atoms with Gasteiger partial charge in [-0.1, -0.05) is 17.7 Å². The van der Waals surface area contributed by atoms with Crippen molar-refractivity contribution in [2.45, 2.75) is 13.8 Å². The highest BCUT2D eigenvalue weighted by Gasteiger charge is 2.13. The summed E-state index contributed by atoms with van der Waals surface area (Å²) in [5, 5.41) is 8.92. The van der Waals surface area contributed by atoms with E-state index < -0.39 is 11.9 Å². The summed E-state index contributed by atoms with van der Waals surface area (Å²) in [5.74, 6) is -1.65. The first-order chi connectivity index (χ1) is 7.54. The minimum atomic E-state index is -1.12. The number of hydrogen-bond donors (Lipinski definition) is 1. The molecule has 0 heterocycles. The Balaban J connectivity index is 3.04. The van der Waals surface area contributed by atoms with Gasteiger partial charge in [-0.3, -0.25) is 0 Å². The number of rotatable bonds is 3. The lowest BCUT2D eigenvalue weighted by atomic mass is 10.1. The Morgan fingerprint density at radius 1 is 1.38 bits per heavy atom. The maximum absolute atomic E-state index is 11.2. The normalized spacial score (nSPS) is 10.4. The molecule has 0 unspecified atom stereocenters. The third-order valence-electron chi connectivity index (χ3n) is 1.88. The van der Waals surface area contributed by atoms with Gasteiger partial charge < -0.3 is 9.84 Å². The van der Waals surface area contributed by atoms with Crippen molar-refractivity contribution in [2.24, 2.45) is 0 Å². The second kappa shape index (κ2) is 5.11. The number of carboxylic acids is 1. The summed E-state index contributed by atoms with van der Waals surface area (Å²) in [7, 11) is 0. The van der Waals surface area contributed by atoms with E-state index in [1.54, 1.807) is 19.9 Å². The first-order valence-electron chi connectivity index (χ1n) is 4.73. The number of ether oxygens (including phenoxy) is 1. The second-order valence-corrected chi connectivity index (χ2v) is 3.23. The standard InChI is InChI=1S/C12H12O4/c1-3-4-11(13)16-10-6-5-8(2)7-9(10)12(14)15/h3-7H,1-2H3,(H,14,15). The Morgan fingerprint density at radius 3 is 2.62 bits per heavy atom. The van der Waals surface area contributed by atoms with Crippen molar-refractivity contribution in [3.05, 3.63) is 41.5 Å². The van der Waals surface area contributed by atoms with Crippen LogP contribution in [0.5, 0.6) is 5.75 Å². The van der Waals surface area contributed by atoms with Crippen LogP contribution in [0.2, 0.25) is 0 Å². The van der Waals surface area contributed by atoms with Gasteiger partial charge >= 0.3 is 11.9 Å². The van der Waals surface area contributed by atoms with E-state index in [1.807, 2.05) is 0 Å². The van der Waals surface area contributed by atoms with Crippen LogP contribution < -0.4 is 4.74 Å². The zero-order valence-electron chi connectivity index (χ0n) is 9.06. The van der Waals surface area contributed by atoms with Crippen LogP contribution in [0.3, 0.4) is 0 Å². The van der Waals surface area contributed by atoms with Crippen molar-refractivity contribution in [1.82, 2.24) is 0 Å². The molecule has 0 saturated heterocycles. The molecule has 1 N–H and O–H groups in total. The fourth-order valence-corrected chi connectivity index (χ4v) is 1.18. The summed E-state index contributed by atoms with van der Waals surface area (Å²) in [6.45, 7) is 3.44. The molecule has 0 fully saturated rings. The van der Waals surface area contributed by atoms with Gasteiger partial charge in [0, 0.05) is 6.08 Å². The fourth-order valence-electron chi connectivity index (χ4n) is 1.18. The van der Waals surface area contributed by atoms with Gasteiger partial charge in [0.15, 0.2) is 0 Å². The number of allylic oxidation sites excluding steroid dienone is 1. The molecule has 1 aromatic carbocycles. The van der Waals surface area contributed by atoms with E-state index in [-0.39, 0.29) is 11.3 Å². The number of aryl methyl sites for hydroxylation is 1. The average molecular weight is 220 g/mol. The molecule has 0 aromatic heterocycles. The van der Waals surface area contributed by atoms with Gasteiger partial charge in [-0.05, 0) is 26.0 Å². The third kappa shape index (κ3) is 2.95. The van der Waals surface area contributed by atoms with Crippen LogP contribution in [-0.2, 0) is 4.79 Å². The van der Waals surface area contributed by atoms with Crippen molar-refractivity contribution >= 4 is 11.9 Å². The van der Waals surface area contributed by atoms with E-state index >= 15 is 0 Å². The zero-order valence-corrected chi connectivity index (χ0v) is 9.06. The molecule has 84 valence electrons. The predicted octanol–water partition coefficient (Wildman–Crippen LogP) is 2.17. The molecule has 0 bridgehead atoms. The van der Waals surface area contributed by atoms with Gasteiger partial charge in [-0.25, -0.2) is 9.59 Å². The van der Waals surface area contributed by atoms with Gasteiger partial charge in [-0.2, -0.15) is 0 Å². The molecule has 1 rings (SSSR count). The van der Waals surface area contributed by atoms with Crippen molar-refractivity contribution in [3.8, 4) is 5.75 Å². The summed E-state index contributed by atoms with van der Waals surface area (Å²) in [6, 6.07) is 4.62. The minimum Gasteiger partial charge on any atom is -0.478 e. The quantitative estimate of drug-likeness (QED) is 0.481. The third-order valence-corrected chi connectivity index (χ3v) is 1.88. The van der Waals surface area contributed by atoms with Gasteiger partial charge in [0.2, 0.25) is 0 Å². The molecule has 0 aliphatic carbocycles. The average Bonchev–Trinajstić information content (AvgIpc) is 2.20. The number of carboxylic acid groups (broad SMARTS) is 1. The van der Waals surface area contributed by atoms with E-state index in [9.17, 15) is 9.59 Å². The molecule has 1 aromatic rings. The Bertz CT molecular complexity index is 446. The maximum Gasteiger partial charge on any atom is 0.339 e. The molecule has 0 aliphatic rings. The largest absolute Gasteiger partial charge is 0.478 e. The van der Waals surface area contributed by atoms with Crippen LogP contribution in [0.15, 0.2) is 30.4 Å².